The van der Waals surface area contributed by atoms with E-state index in [-0.39, 0.29) is 0 Å². The van der Waals surface area contributed by atoms with E-state index in [0.717, 1.165) is 25.1 Å². The molecule has 1 N–H and O–H groups in total. The van der Waals surface area contributed by atoms with Crippen LogP contribution >= 0.6 is 0 Å². The predicted octanol–water partition coefficient (Wildman–Crippen LogP) is 1.76. The van der Waals surface area contributed by atoms with Crippen LogP contribution in [0.25, 0.3) is 0 Å². The van der Waals surface area contributed by atoms with Crippen molar-refractivity contribution < 1.29 is 8.42 Å². The van der Waals surface area contributed by atoms with Crippen LogP contribution in [0.1, 0.15) is 12.0 Å². The van der Waals surface area contributed by atoms with Crippen LogP contribution in [0, 0.1) is 0 Å². The van der Waals surface area contributed by atoms with E-state index in [0.29, 0.717) is 4.90 Å². The summed E-state index contributed by atoms with van der Waals surface area (Å²) >= 11 is 0. The van der Waals surface area contributed by atoms with E-state index < -0.39 is 9.84 Å². The smallest absolute Gasteiger partial charge is 0.175 e. The van der Waals surface area contributed by atoms with Crippen molar-refractivity contribution in [2.24, 2.45) is 0 Å². The molecule has 0 bridgehead atoms. The van der Waals surface area contributed by atoms with Gasteiger partial charge in [0.25, 0.3) is 0 Å². The van der Waals surface area contributed by atoms with E-state index >= 15 is 0 Å². The third kappa shape index (κ3) is 4.16. The second kappa shape index (κ2) is 5.82. The molecule has 0 saturated carbocycles. The predicted molar refractivity (Wildman–Crippen MR) is 66.1 cm³/mol. The van der Waals surface area contributed by atoms with Crippen molar-refractivity contribution in [3.8, 4) is 0 Å². The fraction of sp³-hybridized carbons (Fsp3) is 0.333. The topological polar surface area (TPSA) is 46.2 Å². The molecule has 0 saturated heterocycles. The highest BCUT2D eigenvalue weighted by atomic mass is 32.2. The van der Waals surface area contributed by atoms with Crippen molar-refractivity contribution in [1.82, 2.24) is 5.32 Å². The van der Waals surface area contributed by atoms with E-state index in [1.54, 1.807) is 12.1 Å². The molecule has 0 amide bonds. The van der Waals surface area contributed by atoms with Crippen molar-refractivity contribution in [3.05, 3.63) is 42.5 Å². The Morgan fingerprint density at radius 1 is 1.31 bits per heavy atom. The molecule has 1 rings (SSSR count). The van der Waals surface area contributed by atoms with Crippen LogP contribution in [-0.4, -0.2) is 21.2 Å². The number of hydrogen-bond acceptors (Lipinski definition) is 3. The monoisotopic (exact) mass is 239 g/mol. The maximum Gasteiger partial charge on any atom is 0.175 e. The summed E-state index contributed by atoms with van der Waals surface area (Å²) in [7, 11) is -3.08. The lowest BCUT2D eigenvalue weighted by Gasteiger charge is -2.04. The zero-order chi connectivity index (χ0) is 12.0. The zero-order valence-corrected chi connectivity index (χ0v) is 10.3. The minimum atomic E-state index is -3.08. The van der Waals surface area contributed by atoms with Gasteiger partial charge in [-0.05, 0) is 30.7 Å². The average Bonchev–Trinajstić information content (AvgIpc) is 2.24. The summed E-state index contributed by atoms with van der Waals surface area (Å²) in [5, 5.41) is 3.24. The van der Waals surface area contributed by atoms with Crippen LogP contribution in [-0.2, 0) is 16.4 Å². The standard InChI is InChI=1S/C12H17NO2S/c1-3-4-9-13-10-11-5-7-12(8-6-11)16(2,14)15/h3,5-8,13H,1,4,9-10H2,2H3. The number of nitrogens with one attached hydrogen (secondary N) is 1. The van der Waals surface area contributed by atoms with E-state index in [1.165, 1.54) is 6.26 Å². The fourth-order valence-corrected chi connectivity index (χ4v) is 1.92. The number of sulfone groups is 1. The number of hydrogen-bond donors (Lipinski definition) is 1. The summed E-state index contributed by atoms with van der Waals surface area (Å²) in [6, 6.07) is 6.94. The second-order valence-corrected chi connectivity index (χ2v) is 5.69. The molecular weight excluding hydrogens is 222 g/mol. The number of benzene rings is 1. The van der Waals surface area contributed by atoms with Crippen LogP contribution < -0.4 is 5.32 Å². The maximum absolute atomic E-state index is 11.2. The third-order valence-electron chi connectivity index (χ3n) is 2.21. The Morgan fingerprint density at radius 2 is 1.94 bits per heavy atom. The molecule has 0 radical (unpaired) electrons. The SMILES string of the molecule is C=CCCNCc1ccc(S(C)(=O)=O)cc1. The van der Waals surface area contributed by atoms with Crippen LogP contribution in [0.3, 0.4) is 0 Å². The molecular formula is C12H17NO2S. The highest BCUT2D eigenvalue weighted by molar-refractivity contribution is 7.90. The van der Waals surface area contributed by atoms with Gasteiger partial charge in [0.05, 0.1) is 4.90 Å². The summed E-state index contributed by atoms with van der Waals surface area (Å²) in [6.45, 7) is 5.27. The molecule has 3 nitrogen and oxygen atoms in total. The van der Waals surface area contributed by atoms with Gasteiger partial charge in [-0.1, -0.05) is 18.2 Å². The first-order chi connectivity index (χ1) is 7.54. The van der Waals surface area contributed by atoms with Crippen molar-refractivity contribution in [2.45, 2.75) is 17.9 Å². The first kappa shape index (κ1) is 12.9. The first-order valence-corrected chi connectivity index (χ1v) is 7.04. The minimum Gasteiger partial charge on any atom is -0.312 e. The Kier molecular flexibility index (Phi) is 4.71. The third-order valence-corrected chi connectivity index (χ3v) is 3.33. The lowest BCUT2D eigenvalue weighted by Crippen LogP contribution is -2.13. The van der Waals surface area contributed by atoms with Crippen molar-refractivity contribution in [3.63, 3.8) is 0 Å². The van der Waals surface area contributed by atoms with Crippen LogP contribution in [0.4, 0.5) is 0 Å². The second-order valence-electron chi connectivity index (χ2n) is 3.67. The van der Waals surface area contributed by atoms with Gasteiger partial charge in [-0.2, -0.15) is 0 Å². The van der Waals surface area contributed by atoms with Gasteiger partial charge in [0.2, 0.25) is 0 Å². The van der Waals surface area contributed by atoms with E-state index in [1.807, 2.05) is 18.2 Å². The molecule has 0 spiro atoms. The van der Waals surface area contributed by atoms with Crippen molar-refractivity contribution in [2.75, 3.05) is 12.8 Å². The molecule has 1 aromatic carbocycles. The minimum absolute atomic E-state index is 0.363. The molecule has 0 aliphatic rings. The van der Waals surface area contributed by atoms with Crippen molar-refractivity contribution in [1.29, 1.82) is 0 Å². The van der Waals surface area contributed by atoms with Gasteiger partial charge in [0.1, 0.15) is 0 Å². The molecule has 0 fully saturated rings. The van der Waals surface area contributed by atoms with E-state index in [4.69, 9.17) is 0 Å². The van der Waals surface area contributed by atoms with Crippen LogP contribution in [0.5, 0.6) is 0 Å². The molecule has 0 aliphatic carbocycles. The summed E-state index contributed by atoms with van der Waals surface area (Å²) in [5.74, 6) is 0. The Hall–Kier alpha value is -1.13. The van der Waals surface area contributed by atoms with Gasteiger partial charge in [-0.15, -0.1) is 6.58 Å². The van der Waals surface area contributed by atoms with Crippen LogP contribution in [0.15, 0.2) is 41.8 Å². The Balaban J connectivity index is 2.55. The maximum atomic E-state index is 11.2. The van der Waals surface area contributed by atoms with Crippen LogP contribution in [0.2, 0.25) is 0 Å². The van der Waals surface area contributed by atoms with Gasteiger partial charge in [-0.3, -0.25) is 0 Å². The summed E-state index contributed by atoms with van der Waals surface area (Å²) in [4.78, 5) is 0.363. The van der Waals surface area contributed by atoms with Crippen molar-refractivity contribution >= 4 is 9.84 Å². The fourth-order valence-electron chi connectivity index (χ4n) is 1.29. The molecule has 0 atom stereocenters. The van der Waals surface area contributed by atoms with Gasteiger partial charge < -0.3 is 5.32 Å². The summed E-state index contributed by atoms with van der Waals surface area (Å²) in [5.41, 5.74) is 1.08. The normalized spacial score (nSPS) is 11.3. The Morgan fingerprint density at radius 3 is 2.44 bits per heavy atom. The molecule has 0 unspecified atom stereocenters. The molecule has 16 heavy (non-hydrogen) atoms. The average molecular weight is 239 g/mol. The lowest BCUT2D eigenvalue weighted by molar-refractivity contribution is 0.602. The van der Waals surface area contributed by atoms with Gasteiger partial charge in [-0.25, -0.2) is 8.42 Å². The highest BCUT2D eigenvalue weighted by Gasteiger charge is 2.05. The molecule has 4 heteroatoms. The molecule has 88 valence electrons. The summed E-state index contributed by atoms with van der Waals surface area (Å²) < 4.78 is 22.4. The van der Waals surface area contributed by atoms with Gasteiger partial charge in [0.15, 0.2) is 9.84 Å². The highest BCUT2D eigenvalue weighted by Crippen LogP contribution is 2.09. The Labute approximate surface area is 97.1 Å². The molecule has 0 aromatic heterocycles. The van der Waals surface area contributed by atoms with Gasteiger partial charge >= 0.3 is 0 Å². The molecule has 0 aliphatic heterocycles. The zero-order valence-electron chi connectivity index (χ0n) is 9.44. The largest absolute Gasteiger partial charge is 0.312 e. The molecule has 1 aromatic rings. The van der Waals surface area contributed by atoms with Gasteiger partial charge in [0, 0.05) is 12.8 Å². The number of rotatable bonds is 6. The summed E-state index contributed by atoms with van der Waals surface area (Å²) in [6.07, 6.45) is 4.01. The quantitative estimate of drug-likeness (QED) is 0.608. The van der Waals surface area contributed by atoms with E-state index in [2.05, 4.69) is 11.9 Å². The molecule has 0 heterocycles. The first-order valence-electron chi connectivity index (χ1n) is 5.14. The van der Waals surface area contributed by atoms with E-state index in [9.17, 15) is 8.42 Å². The lowest BCUT2D eigenvalue weighted by atomic mass is 10.2. The Bertz CT molecular complexity index is 435.